The van der Waals surface area contributed by atoms with Gasteiger partial charge >= 0.3 is 0 Å². The van der Waals surface area contributed by atoms with Crippen molar-refractivity contribution < 1.29 is 9.53 Å². The molecule has 0 fully saturated rings. The number of anilines is 1. The van der Waals surface area contributed by atoms with Gasteiger partial charge in [0, 0.05) is 12.3 Å². The number of nitrogens with one attached hydrogen (secondary N) is 1. The van der Waals surface area contributed by atoms with Gasteiger partial charge in [-0.25, -0.2) is 9.67 Å². The normalized spacial score (nSPS) is 10.2. The van der Waals surface area contributed by atoms with Crippen LogP contribution in [-0.2, 0) is 0 Å². The molecule has 0 saturated carbocycles. The average Bonchev–Trinajstić information content (AvgIpc) is 3.01. The van der Waals surface area contributed by atoms with Crippen LogP contribution < -0.4 is 10.1 Å². The third-order valence-corrected chi connectivity index (χ3v) is 3.04. The highest BCUT2D eigenvalue weighted by molar-refractivity contribution is 6.03. The van der Waals surface area contributed by atoms with Crippen molar-refractivity contribution in [3.8, 4) is 11.6 Å². The van der Waals surface area contributed by atoms with Crippen LogP contribution >= 0.6 is 0 Å². The monoisotopic (exact) mass is 294 g/mol. The van der Waals surface area contributed by atoms with E-state index in [1.165, 1.54) is 11.8 Å². The van der Waals surface area contributed by atoms with Crippen LogP contribution in [0.3, 0.4) is 0 Å². The molecule has 1 aromatic carbocycles. The number of pyridine rings is 1. The van der Waals surface area contributed by atoms with Crippen LogP contribution in [0.15, 0.2) is 60.8 Å². The Morgan fingerprint density at radius 3 is 2.59 bits per heavy atom. The Labute approximate surface area is 127 Å². The predicted molar refractivity (Wildman–Crippen MR) is 82.3 cm³/mol. The molecule has 6 heteroatoms. The van der Waals surface area contributed by atoms with Crippen LogP contribution in [0.4, 0.5) is 5.82 Å². The van der Waals surface area contributed by atoms with Gasteiger partial charge in [0.25, 0.3) is 5.91 Å². The number of para-hydroxylation sites is 1. The zero-order chi connectivity index (χ0) is 15.4. The predicted octanol–water partition coefficient (Wildman–Crippen LogP) is 2.53. The second-order valence-electron chi connectivity index (χ2n) is 4.49. The number of methoxy groups -OCH3 is 1. The van der Waals surface area contributed by atoms with Crippen molar-refractivity contribution in [3.05, 3.63) is 66.5 Å². The van der Waals surface area contributed by atoms with Gasteiger partial charge < -0.3 is 10.1 Å². The fourth-order valence-corrected chi connectivity index (χ4v) is 2.00. The fourth-order valence-electron chi connectivity index (χ4n) is 2.00. The van der Waals surface area contributed by atoms with Crippen molar-refractivity contribution in [2.75, 3.05) is 12.4 Å². The molecule has 0 radical (unpaired) electrons. The highest BCUT2D eigenvalue weighted by Gasteiger charge is 2.17. The van der Waals surface area contributed by atoms with Gasteiger partial charge in [-0.05, 0) is 24.3 Å². The lowest BCUT2D eigenvalue weighted by atomic mass is 10.3. The highest BCUT2D eigenvalue weighted by atomic mass is 16.5. The average molecular weight is 294 g/mol. The van der Waals surface area contributed by atoms with Gasteiger partial charge in [0.2, 0.25) is 5.88 Å². The minimum Gasteiger partial charge on any atom is -0.480 e. The first-order valence-corrected chi connectivity index (χ1v) is 6.70. The number of nitrogens with zero attached hydrogens (tertiary/aromatic N) is 3. The number of aromatic nitrogens is 3. The third kappa shape index (κ3) is 2.80. The molecule has 2 heterocycles. The summed E-state index contributed by atoms with van der Waals surface area (Å²) in [6.45, 7) is 0. The van der Waals surface area contributed by atoms with Crippen LogP contribution in [0.1, 0.15) is 10.5 Å². The number of hydrogen-bond donors (Lipinski definition) is 1. The Hall–Kier alpha value is -3.15. The molecule has 0 aliphatic carbocycles. The topological polar surface area (TPSA) is 69.0 Å². The SMILES string of the molecule is COc1cc(C(=O)Nc2ccccn2)n(-c2ccccc2)n1. The van der Waals surface area contributed by atoms with Gasteiger partial charge in [-0.3, -0.25) is 4.79 Å². The van der Waals surface area contributed by atoms with Crippen LogP contribution in [0.25, 0.3) is 5.69 Å². The van der Waals surface area contributed by atoms with Crippen LogP contribution in [0.5, 0.6) is 5.88 Å². The standard InChI is InChI=1S/C16H14N4O2/c1-22-15-11-13(16(21)18-14-9-5-6-10-17-14)20(19-15)12-7-3-2-4-8-12/h2-11H,1H3,(H,17,18,21). The summed E-state index contributed by atoms with van der Waals surface area (Å²) in [6.07, 6.45) is 1.62. The lowest BCUT2D eigenvalue weighted by Crippen LogP contribution is -2.17. The van der Waals surface area contributed by atoms with E-state index in [2.05, 4.69) is 15.4 Å². The number of carbonyl (C=O) groups is 1. The maximum atomic E-state index is 12.5. The van der Waals surface area contributed by atoms with Gasteiger partial charge in [-0.1, -0.05) is 24.3 Å². The zero-order valence-corrected chi connectivity index (χ0v) is 11.9. The quantitative estimate of drug-likeness (QED) is 0.802. The van der Waals surface area contributed by atoms with E-state index in [9.17, 15) is 4.79 Å². The second-order valence-corrected chi connectivity index (χ2v) is 4.49. The Kier molecular flexibility index (Phi) is 3.82. The largest absolute Gasteiger partial charge is 0.480 e. The summed E-state index contributed by atoms with van der Waals surface area (Å²) in [5.74, 6) is 0.542. The summed E-state index contributed by atoms with van der Waals surface area (Å²) in [7, 11) is 1.51. The molecule has 1 N–H and O–H groups in total. The lowest BCUT2D eigenvalue weighted by molar-refractivity contribution is 0.101. The van der Waals surface area contributed by atoms with E-state index in [-0.39, 0.29) is 5.91 Å². The van der Waals surface area contributed by atoms with Crippen molar-refractivity contribution >= 4 is 11.7 Å². The molecule has 0 saturated heterocycles. The van der Waals surface area contributed by atoms with Crippen LogP contribution in [0.2, 0.25) is 0 Å². The molecule has 1 amide bonds. The maximum Gasteiger partial charge on any atom is 0.275 e. The molecule has 3 aromatic rings. The summed E-state index contributed by atoms with van der Waals surface area (Å²) in [4.78, 5) is 16.6. The van der Waals surface area contributed by atoms with Crippen molar-refractivity contribution in [2.24, 2.45) is 0 Å². The fraction of sp³-hybridized carbons (Fsp3) is 0.0625. The van der Waals surface area contributed by atoms with E-state index in [1.807, 2.05) is 30.3 Å². The molecular weight excluding hydrogens is 280 g/mol. The van der Waals surface area contributed by atoms with Gasteiger partial charge in [0.05, 0.1) is 12.8 Å². The van der Waals surface area contributed by atoms with Crippen molar-refractivity contribution in [1.82, 2.24) is 14.8 Å². The molecule has 0 spiro atoms. The van der Waals surface area contributed by atoms with Gasteiger partial charge in [0.1, 0.15) is 11.5 Å². The minimum atomic E-state index is -0.307. The van der Waals surface area contributed by atoms with Gasteiger partial charge in [-0.15, -0.1) is 5.10 Å². The van der Waals surface area contributed by atoms with Crippen molar-refractivity contribution in [1.29, 1.82) is 0 Å². The molecule has 0 unspecified atom stereocenters. The van der Waals surface area contributed by atoms with E-state index in [0.717, 1.165) is 5.69 Å². The summed E-state index contributed by atoms with van der Waals surface area (Å²) >= 11 is 0. The lowest BCUT2D eigenvalue weighted by Gasteiger charge is -2.07. The second kappa shape index (κ2) is 6.09. The summed E-state index contributed by atoms with van der Waals surface area (Å²) in [5, 5.41) is 7.01. The number of benzene rings is 1. The molecule has 22 heavy (non-hydrogen) atoms. The van der Waals surface area contributed by atoms with E-state index in [4.69, 9.17) is 4.74 Å². The van der Waals surface area contributed by atoms with E-state index in [0.29, 0.717) is 17.4 Å². The van der Waals surface area contributed by atoms with Gasteiger partial charge in [-0.2, -0.15) is 0 Å². The van der Waals surface area contributed by atoms with Crippen LogP contribution in [-0.4, -0.2) is 27.8 Å². The van der Waals surface area contributed by atoms with Crippen molar-refractivity contribution in [3.63, 3.8) is 0 Å². The Bertz CT molecular complexity index is 769. The number of rotatable bonds is 4. The molecule has 0 aliphatic rings. The van der Waals surface area contributed by atoms with Gasteiger partial charge in [0.15, 0.2) is 0 Å². The minimum absolute atomic E-state index is 0.307. The highest BCUT2D eigenvalue weighted by Crippen LogP contribution is 2.18. The third-order valence-electron chi connectivity index (χ3n) is 3.04. The molecular formula is C16H14N4O2. The van der Waals surface area contributed by atoms with Crippen molar-refractivity contribution in [2.45, 2.75) is 0 Å². The summed E-state index contributed by atoms with van der Waals surface area (Å²) in [6, 6.07) is 16.3. The van der Waals surface area contributed by atoms with E-state index in [1.54, 1.807) is 30.5 Å². The first-order valence-electron chi connectivity index (χ1n) is 6.70. The molecule has 0 bridgehead atoms. The zero-order valence-electron chi connectivity index (χ0n) is 11.9. The Balaban J connectivity index is 1.96. The molecule has 0 atom stereocenters. The van der Waals surface area contributed by atoms with E-state index < -0.39 is 0 Å². The first kappa shape index (κ1) is 13.8. The molecule has 110 valence electrons. The molecule has 3 rings (SSSR count). The Morgan fingerprint density at radius 1 is 1.14 bits per heavy atom. The summed E-state index contributed by atoms with van der Waals surface area (Å²) < 4.78 is 6.67. The maximum absolute atomic E-state index is 12.5. The number of ether oxygens (including phenoxy) is 1. The number of carbonyl (C=O) groups excluding carboxylic acids is 1. The summed E-state index contributed by atoms with van der Waals surface area (Å²) in [5.41, 5.74) is 1.14. The first-order chi connectivity index (χ1) is 10.8. The number of amides is 1. The molecule has 0 aliphatic heterocycles. The number of hydrogen-bond acceptors (Lipinski definition) is 4. The Morgan fingerprint density at radius 2 is 1.91 bits per heavy atom. The van der Waals surface area contributed by atoms with E-state index >= 15 is 0 Å². The molecule has 6 nitrogen and oxygen atoms in total. The smallest absolute Gasteiger partial charge is 0.275 e. The van der Waals surface area contributed by atoms with Crippen LogP contribution in [0, 0.1) is 0 Å². The molecule has 2 aromatic heterocycles.